The number of nitriles is 1. The van der Waals surface area contributed by atoms with Crippen molar-refractivity contribution in [1.82, 2.24) is 0 Å². The molecule has 1 aromatic carbocycles. The summed E-state index contributed by atoms with van der Waals surface area (Å²) in [6.45, 7) is 3.31. The van der Waals surface area contributed by atoms with E-state index in [1.54, 1.807) is 19.1 Å². The highest BCUT2D eigenvalue weighted by atomic mass is 79.9. The van der Waals surface area contributed by atoms with Crippen molar-refractivity contribution in [2.75, 3.05) is 6.61 Å². The molecule has 0 heterocycles. The lowest BCUT2D eigenvalue weighted by Gasteiger charge is -2.13. The number of carbonyl (C=O) groups excluding carboxylic acids is 2. The Balaban J connectivity index is 3.39. The Morgan fingerprint density at radius 2 is 2.17 bits per heavy atom. The Kier molecular flexibility index (Phi) is 5.05. The number of Topliss-reactive ketones (excluding diaryl/α,β-unsaturated/α-hetero) is 1. The fourth-order valence-corrected chi connectivity index (χ4v) is 1.91. The first kappa shape index (κ1) is 14.4. The van der Waals surface area contributed by atoms with Crippen molar-refractivity contribution in [2.45, 2.75) is 18.7 Å². The summed E-state index contributed by atoms with van der Waals surface area (Å²) >= 11 is 3.22. The van der Waals surface area contributed by atoms with Crippen molar-refractivity contribution in [3.05, 3.63) is 34.9 Å². The van der Waals surface area contributed by atoms with Gasteiger partial charge in [-0.05, 0) is 25.5 Å². The second kappa shape index (κ2) is 6.31. The number of ketones is 1. The third-order valence-electron chi connectivity index (χ3n) is 2.33. The molecule has 1 rings (SSSR count). The van der Waals surface area contributed by atoms with E-state index in [0.717, 1.165) is 0 Å². The number of alkyl halides is 1. The van der Waals surface area contributed by atoms with E-state index < -0.39 is 10.8 Å². The molecule has 0 fully saturated rings. The second-order valence-corrected chi connectivity index (χ2v) is 4.49. The van der Waals surface area contributed by atoms with Gasteiger partial charge >= 0.3 is 5.97 Å². The lowest BCUT2D eigenvalue weighted by atomic mass is 9.98. The minimum Gasteiger partial charge on any atom is -0.462 e. The van der Waals surface area contributed by atoms with Gasteiger partial charge in [0.25, 0.3) is 0 Å². The Morgan fingerprint density at radius 1 is 1.50 bits per heavy atom. The smallest absolute Gasteiger partial charge is 0.339 e. The molecule has 0 N–H and O–H groups in total. The number of ether oxygens (including phenoxy) is 1. The second-order valence-electron chi connectivity index (χ2n) is 3.58. The number of hydrogen-bond acceptors (Lipinski definition) is 4. The van der Waals surface area contributed by atoms with Crippen molar-refractivity contribution < 1.29 is 14.3 Å². The van der Waals surface area contributed by atoms with E-state index in [1.165, 1.54) is 13.0 Å². The number of nitrogens with zero attached hydrogens (tertiary/aromatic N) is 1. The summed E-state index contributed by atoms with van der Waals surface area (Å²) < 4.78 is 4.92. The van der Waals surface area contributed by atoms with E-state index in [2.05, 4.69) is 15.9 Å². The van der Waals surface area contributed by atoms with Gasteiger partial charge in [0, 0.05) is 0 Å². The van der Waals surface area contributed by atoms with Crippen molar-refractivity contribution in [1.29, 1.82) is 5.26 Å². The minimum atomic E-state index is -0.620. The molecule has 0 bridgehead atoms. The van der Waals surface area contributed by atoms with Gasteiger partial charge in [0.2, 0.25) is 0 Å². The van der Waals surface area contributed by atoms with Crippen LogP contribution in [-0.4, -0.2) is 18.4 Å². The van der Waals surface area contributed by atoms with Crippen molar-refractivity contribution in [3.8, 4) is 6.07 Å². The average Bonchev–Trinajstić information content (AvgIpc) is 2.36. The molecule has 0 aromatic heterocycles. The monoisotopic (exact) mass is 309 g/mol. The summed E-state index contributed by atoms with van der Waals surface area (Å²) in [5.41, 5.74) is 0.815. The first-order valence-electron chi connectivity index (χ1n) is 5.37. The van der Waals surface area contributed by atoms with E-state index >= 15 is 0 Å². The van der Waals surface area contributed by atoms with Gasteiger partial charge in [0.15, 0.2) is 0 Å². The van der Waals surface area contributed by atoms with Gasteiger partial charge in [-0.2, -0.15) is 5.26 Å². The van der Waals surface area contributed by atoms with Gasteiger partial charge < -0.3 is 4.74 Å². The lowest BCUT2D eigenvalue weighted by molar-refractivity contribution is -0.116. The van der Waals surface area contributed by atoms with Crippen LogP contribution in [0, 0.1) is 11.3 Å². The molecule has 0 aliphatic rings. The zero-order valence-corrected chi connectivity index (χ0v) is 11.7. The number of carbonyl (C=O) groups is 2. The highest BCUT2D eigenvalue weighted by Crippen LogP contribution is 2.29. The predicted molar refractivity (Wildman–Crippen MR) is 69.5 cm³/mol. The molecule has 1 atom stereocenters. The normalized spacial score (nSPS) is 11.4. The van der Waals surface area contributed by atoms with Gasteiger partial charge in [-0.3, -0.25) is 4.79 Å². The highest BCUT2D eigenvalue weighted by Gasteiger charge is 2.24. The first-order chi connectivity index (χ1) is 8.52. The zero-order chi connectivity index (χ0) is 13.7. The SMILES string of the molecule is CCOC(=O)c1c(C#N)cccc1C(Br)C(C)=O. The van der Waals surface area contributed by atoms with Gasteiger partial charge in [-0.1, -0.05) is 28.1 Å². The number of rotatable bonds is 4. The summed E-state index contributed by atoms with van der Waals surface area (Å²) in [6.07, 6.45) is 0. The maximum Gasteiger partial charge on any atom is 0.339 e. The Hall–Kier alpha value is -1.67. The van der Waals surface area contributed by atoms with Crippen LogP contribution in [0.3, 0.4) is 0 Å². The standard InChI is InChI=1S/C13H12BrNO3/c1-3-18-13(17)11-9(7-15)5-4-6-10(11)12(14)8(2)16/h4-6,12H,3H2,1-2H3. The van der Waals surface area contributed by atoms with Gasteiger partial charge in [0.1, 0.15) is 11.9 Å². The van der Waals surface area contributed by atoms with E-state index in [9.17, 15) is 9.59 Å². The first-order valence-corrected chi connectivity index (χ1v) is 6.29. The minimum absolute atomic E-state index is 0.143. The summed E-state index contributed by atoms with van der Waals surface area (Å²) in [7, 11) is 0. The molecular formula is C13H12BrNO3. The van der Waals surface area contributed by atoms with Crippen LogP contribution in [0.2, 0.25) is 0 Å². The average molecular weight is 310 g/mol. The fraction of sp³-hybridized carbons (Fsp3) is 0.308. The molecule has 94 valence electrons. The molecule has 0 aliphatic carbocycles. The summed E-state index contributed by atoms with van der Waals surface area (Å²) in [6, 6.07) is 6.73. The number of hydrogen-bond donors (Lipinski definition) is 0. The number of benzene rings is 1. The lowest BCUT2D eigenvalue weighted by Crippen LogP contribution is -2.14. The van der Waals surface area contributed by atoms with Crippen LogP contribution in [0.5, 0.6) is 0 Å². The van der Waals surface area contributed by atoms with Crippen LogP contribution < -0.4 is 0 Å². The van der Waals surface area contributed by atoms with E-state index in [1.807, 2.05) is 6.07 Å². The molecular weight excluding hydrogens is 298 g/mol. The quantitative estimate of drug-likeness (QED) is 0.633. The van der Waals surface area contributed by atoms with Crippen molar-refractivity contribution in [2.24, 2.45) is 0 Å². The molecule has 0 spiro atoms. The molecule has 0 saturated heterocycles. The van der Waals surface area contributed by atoms with Gasteiger partial charge in [0.05, 0.1) is 22.6 Å². The Labute approximate surface area is 114 Å². The van der Waals surface area contributed by atoms with Gasteiger partial charge in [-0.25, -0.2) is 4.79 Å². The summed E-state index contributed by atoms with van der Waals surface area (Å²) in [5.74, 6) is -0.731. The van der Waals surface area contributed by atoms with Crippen molar-refractivity contribution >= 4 is 27.7 Å². The zero-order valence-electron chi connectivity index (χ0n) is 10.1. The van der Waals surface area contributed by atoms with Crippen LogP contribution in [0.1, 0.15) is 40.2 Å². The van der Waals surface area contributed by atoms with Crippen LogP contribution in [-0.2, 0) is 9.53 Å². The van der Waals surface area contributed by atoms with Crippen LogP contribution in [0.25, 0.3) is 0 Å². The summed E-state index contributed by atoms with van der Waals surface area (Å²) in [4.78, 5) is 22.6. The molecule has 5 heteroatoms. The fourth-order valence-electron chi connectivity index (χ4n) is 1.52. The van der Waals surface area contributed by atoms with E-state index in [-0.39, 0.29) is 23.5 Å². The highest BCUT2D eigenvalue weighted by molar-refractivity contribution is 9.09. The predicted octanol–water partition coefficient (Wildman–Crippen LogP) is 2.76. The molecule has 1 aromatic rings. The van der Waals surface area contributed by atoms with E-state index in [0.29, 0.717) is 5.56 Å². The third-order valence-corrected chi connectivity index (χ3v) is 3.46. The van der Waals surface area contributed by atoms with Crippen LogP contribution in [0.15, 0.2) is 18.2 Å². The van der Waals surface area contributed by atoms with E-state index in [4.69, 9.17) is 10.00 Å². The van der Waals surface area contributed by atoms with Gasteiger partial charge in [-0.15, -0.1) is 0 Å². The Morgan fingerprint density at radius 3 is 2.67 bits per heavy atom. The molecule has 0 aliphatic heterocycles. The van der Waals surface area contributed by atoms with Crippen LogP contribution in [0.4, 0.5) is 0 Å². The molecule has 18 heavy (non-hydrogen) atoms. The molecule has 0 saturated carbocycles. The molecule has 0 amide bonds. The molecule has 4 nitrogen and oxygen atoms in total. The third kappa shape index (κ3) is 2.96. The van der Waals surface area contributed by atoms with Crippen molar-refractivity contribution in [3.63, 3.8) is 0 Å². The Bertz CT molecular complexity index is 519. The molecule has 1 unspecified atom stereocenters. The maximum absolute atomic E-state index is 11.9. The maximum atomic E-state index is 11.9. The summed E-state index contributed by atoms with van der Waals surface area (Å²) in [5, 5.41) is 9.02. The largest absolute Gasteiger partial charge is 0.462 e. The molecule has 0 radical (unpaired) electrons. The topological polar surface area (TPSA) is 67.2 Å². The number of halogens is 1. The number of esters is 1. The van der Waals surface area contributed by atoms with Crippen LogP contribution >= 0.6 is 15.9 Å².